The zero-order valence-corrected chi connectivity index (χ0v) is 12.9. The van der Waals surface area contributed by atoms with Crippen molar-refractivity contribution in [2.45, 2.75) is 32.6 Å². The van der Waals surface area contributed by atoms with E-state index in [1.807, 2.05) is 30.3 Å². The fourth-order valence-electron chi connectivity index (χ4n) is 2.85. The summed E-state index contributed by atoms with van der Waals surface area (Å²) in [5.41, 5.74) is 5.74. The molecule has 0 saturated heterocycles. The predicted molar refractivity (Wildman–Crippen MR) is 91.4 cm³/mol. The third kappa shape index (κ3) is 3.45. The molecule has 0 fully saturated rings. The summed E-state index contributed by atoms with van der Waals surface area (Å²) >= 11 is 0. The highest BCUT2D eigenvalue weighted by atomic mass is 16.1. The standard InChI is InChI=1S/C20H21NO/c1-15-6-10-19(11-7-15)21-13-12-20(22)18-9-8-16-4-2-3-5-17(16)14-18/h6-14,21H,2-5H2,1H3/b13-12-. The minimum Gasteiger partial charge on any atom is -0.362 e. The lowest BCUT2D eigenvalue weighted by Crippen LogP contribution is -2.05. The van der Waals surface area contributed by atoms with Gasteiger partial charge < -0.3 is 5.32 Å². The molecular formula is C20H21NO. The second-order valence-electron chi connectivity index (χ2n) is 5.90. The van der Waals surface area contributed by atoms with Crippen LogP contribution < -0.4 is 5.32 Å². The first-order chi connectivity index (χ1) is 10.7. The van der Waals surface area contributed by atoms with Crippen LogP contribution in [0.1, 0.15) is 39.9 Å². The van der Waals surface area contributed by atoms with E-state index in [1.54, 1.807) is 12.3 Å². The summed E-state index contributed by atoms with van der Waals surface area (Å²) in [7, 11) is 0. The lowest BCUT2D eigenvalue weighted by atomic mass is 9.90. The molecule has 1 N–H and O–H groups in total. The van der Waals surface area contributed by atoms with Gasteiger partial charge in [0.1, 0.15) is 0 Å². The summed E-state index contributed by atoms with van der Waals surface area (Å²) in [6.07, 6.45) is 8.06. The van der Waals surface area contributed by atoms with E-state index < -0.39 is 0 Å². The van der Waals surface area contributed by atoms with Crippen molar-refractivity contribution in [3.63, 3.8) is 0 Å². The van der Waals surface area contributed by atoms with E-state index in [9.17, 15) is 4.79 Å². The van der Waals surface area contributed by atoms with Crippen molar-refractivity contribution < 1.29 is 4.79 Å². The Morgan fingerprint density at radius 3 is 2.50 bits per heavy atom. The first-order valence-corrected chi connectivity index (χ1v) is 7.88. The van der Waals surface area contributed by atoms with Crippen molar-refractivity contribution in [3.05, 3.63) is 77.0 Å². The Kier molecular flexibility index (Phi) is 4.38. The summed E-state index contributed by atoms with van der Waals surface area (Å²) in [6, 6.07) is 14.2. The van der Waals surface area contributed by atoms with Crippen molar-refractivity contribution in [1.29, 1.82) is 0 Å². The van der Waals surface area contributed by atoms with Crippen LogP contribution in [0, 0.1) is 6.92 Å². The zero-order chi connectivity index (χ0) is 15.4. The Bertz CT molecular complexity index is 698. The number of carbonyl (C=O) groups excluding carboxylic acids is 1. The second-order valence-corrected chi connectivity index (χ2v) is 5.90. The van der Waals surface area contributed by atoms with E-state index in [-0.39, 0.29) is 5.78 Å². The van der Waals surface area contributed by atoms with Gasteiger partial charge in [-0.1, -0.05) is 29.8 Å². The Hall–Kier alpha value is -2.35. The number of nitrogens with one attached hydrogen (secondary N) is 1. The monoisotopic (exact) mass is 291 g/mol. The quantitative estimate of drug-likeness (QED) is 0.654. The number of allylic oxidation sites excluding steroid dienone is 1. The number of benzene rings is 2. The van der Waals surface area contributed by atoms with Crippen LogP contribution >= 0.6 is 0 Å². The van der Waals surface area contributed by atoms with Crippen LogP contribution in [0.2, 0.25) is 0 Å². The van der Waals surface area contributed by atoms with Gasteiger partial charge in [0.25, 0.3) is 0 Å². The molecule has 0 bridgehead atoms. The molecule has 0 heterocycles. The minimum atomic E-state index is 0.0491. The molecule has 2 aromatic rings. The van der Waals surface area contributed by atoms with E-state index in [2.05, 4.69) is 24.4 Å². The first kappa shape index (κ1) is 14.6. The average Bonchev–Trinajstić information content (AvgIpc) is 2.56. The molecule has 0 saturated carbocycles. The number of hydrogen-bond donors (Lipinski definition) is 1. The smallest absolute Gasteiger partial charge is 0.187 e. The molecule has 22 heavy (non-hydrogen) atoms. The number of anilines is 1. The molecule has 0 unspecified atom stereocenters. The highest BCUT2D eigenvalue weighted by Gasteiger charge is 2.11. The van der Waals surface area contributed by atoms with E-state index in [4.69, 9.17) is 0 Å². The molecule has 2 aromatic carbocycles. The third-order valence-corrected chi connectivity index (χ3v) is 4.17. The van der Waals surface area contributed by atoms with Gasteiger partial charge in [-0.25, -0.2) is 0 Å². The molecule has 0 atom stereocenters. The second kappa shape index (κ2) is 6.61. The average molecular weight is 291 g/mol. The molecule has 3 rings (SSSR count). The normalized spacial score (nSPS) is 13.9. The van der Waals surface area contributed by atoms with Gasteiger partial charge in [-0.15, -0.1) is 0 Å². The van der Waals surface area contributed by atoms with Crippen LogP contribution in [0.5, 0.6) is 0 Å². The number of hydrogen-bond acceptors (Lipinski definition) is 2. The Morgan fingerprint density at radius 1 is 1.00 bits per heavy atom. The molecule has 0 amide bonds. The van der Waals surface area contributed by atoms with Crippen LogP contribution in [-0.2, 0) is 12.8 Å². The number of carbonyl (C=O) groups is 1. The molecule has 112 valence electrons. The topological polar surface area (TPSA) is 29.1 Å². The fourth-order valence-corrected chi connectivity index (χ4v) is 2.85. The number of rotatable bonds is 4. The van der Waals surface area contributed by atoms with Crippen LogP contribution in [0.3, 0.4) is 0 Å². The summed E-state index contributed by atoms with van der Waals surface area (Å²) in [5.74, 6) is 0.0491. The maximum atomic E-state index is 12.2. The molecular weight excluding hydrogens is 270 g/mol. The molecule has 1 aliphatic rings. The van der Waals surface area contributed by atoms with Crippen LogP contribution in [0.25, 0.3) is 0 Å². The molecule has 0 radical (unpaired) electrons. The molecule has 2 nitrogen and oxygen atoms in total. The number of fused-ring (bicyclic) bond motifs is 1. The summed E-state index contributed by atoms with van der Waals surface area (Å²) in [4.78, 5) is 12.2. The van der Waals surface area contributed by atoms with E-state index in [0.29, 0.717) is 0 Å². The van der Waals surface area contributed by atoms with Gasteiger partial charge in [0.15, 0.2) is 5.78 Å². The zero-order valence-electron chi connectivity index (χ0n) is 12.9. The van der Waals surface area contributed by atoms with Gasteiger partial charge in [0.05, 0.1) is 0 Å². The fraction of sp³-hybridized carbons (Fsp3) is 0.250. The van der Waals surface area contributed by atoms with Crippen molar-refractivity contribution in [3.8, 4) is 0 Å². The summed E-state index contributed by atoms with van der Waals surface area (Å²) in [6.45, 7) is 2.05. The lowest BCUT2D eigenvalue weighted by Gasteiger charge is -2.15. The molecule has 0 spiro atoms. The predicted octanol–water partition coefficient (Wildman–Crippen LogP) is 4.68. The van der Waals surface area contributed by atoms with Gasteiger partial charge in [0, 0.05) is 23.5 Å². The van der Waals surface area contributed by atoms with Crippen LogP contribution in [-0.4, -0.2) is 5.78 Å². The van der Waals surface area contributed by atoms with Crippen molar-refractivity contribution in [2.75, 3.05) is 5.32 Å². The molecule has 0 aromatic heterocycles. The van der Waals surface area contributed by atoms with Gasteiger partial charge in [-0.3, -0.25) is 4.79 Å². The van der Waals surface area contributed by atoms with E-state index in [1.165, 1.54) is 29.5 Å². The molecule has 2 heteroatoms. The van der Waals surface area contributed by atoms with Crippen LogP contribution in [0.15, 0.2) is 54.7 Å². The highest BCUT2D eigenvalue weighted by Crippen LogP contribution is 2.22. The van der Waals surface area contributed by atoms with Crippen molar-refractivity contribution in [1.82, 2.24) is 0 Å². The van der Waals surface area contributed by atoms with Crippen LogP contribution in [0.4, 0.5) is 5.69 Å². The van der Waals surface area contributed by atoms with E-state index >= 15 is 0 Å². The SMILES string of the molecule is Cc1ccc(N/C=C\C(=O)c2ccc3c(c2)CCCC3)cc1. The molecule has 0 aliphatic heterocycles. The third-order valence-electron chi connectivity index (χ3n) is 4.17. The Morgan fingerprint density at radius 2 is 1.73 bits per heavy atom. The Balaban J connectivity index is 1.66. The maximum Gasteiger partial charge on any atom is 0.187 e. The lowest BCUT2D eigenvalue weighted by molar-refractivity contribution is 0.104. The number of ketones is 1. The Labute approximate surface area is 131 Å². The first-order valence-electron chi connectivity index (χ1n) is 7.88. The largest absolute Gasteiger partial charge is 0.362 e. The van der Waals surface area contributed by atoms with Gasteiger partial charge >= 0.3 is 0 Å². The molecule has 1 aliphatic carbocycles. The van der Waals surface area contributed by atoms with Crippen molar-refractivity contribution in [2.24, 2.45) is 0 Å². The van der Waals surface area contributed by atoms with E-state index in [0.717, 1.165) is 24.1 Å². The van der Waals surface area contributed by atoms with Gasteiger partial charge in [-0.2, -0.15) is 0 Å². The summed E-state index contributed by atoms with van der Waals surface area (Å²) in [5, 5.41) is 3.13. The minimum absolute atomic E-state index is 0.0491. The van der Waals surface area contributed by atoms with Crippen molar-refractivity contribution >= 4 is 11.5 Å². The maximum absolute atomic E-state index is 12.2. The van der Waals surface area contributed by atoms with Gasteiger partial charge in [-0.05, 0) is 61.9 Å². The number of aryl methyl sites for hydroxylation is 3. The highest BCUT2D eigenvalue weighted by molar-refractivity contribution is 6.04. The summed E-state index contributed by atoms with van der Waals surface area (Å²) < 4.78 is 0. The van der Waals surface area contributed by atoms with Gasteiger partial charge in [0.2, 0.25) is 0 Å².